The number of methoxy groups -OCH3 is 1. The number of nitrogens with one attached hydrogen (secondary N) is 1. The second-order valence-corrected chi connectivity index (χ2v) is 9.75. The number of hydrogen-bond acceptors (Lipinski definition) is 8. The minimum absolute atomic E-state index is 0.0583. The molecule has 2 aromatic carbocycles. The molecule has 0 saturated heterocycles. The van der Waals surface area contributed by atoms with Crippen molar-refractivity contribution in [1.82, 2.24) is 9.29 Å². The van der Waals surface area contributed by atoms with Gasteiger partial charge in [0.15, 0.2) is 4.90 Å². The average Bonchev–Trinajstić information content (AvgIpc) is 3.19. The Morgan fingerprint density at radius 2 is 1.86 bits per heavy atom. The molecule has 0 spiro atoms. The SMILES string of the molecule is COC(=O)[C@@H]1Cc2c([nH]c3ccccc23)/C(C)=C\CN1S(=O)(=O)c1ccc([N+](=O)[O-])cc1[N+](=O)[O-]. The van der Waals surface area contributed by atoms with Crippen LogP contribution in [0.2, 0.25) is 0 Å². The van der Waals surface area contributed by atoms with Crippen molar-refractivity contribution < 1.29 is 27.8 Å². The normalized spacial score (nSPS) is 18.1. The third-order valence-corrected chi connectivity index (χ3v) is 7.86. The molecule has 1 aromatic heterocycles. The average molecular weight is 500 g/mol. The minimum Gasteiger partial charge on any atom is -0.468 e. The van der Waals surface area contributed by atoms with E-state index in [1.54, 1.807) is 13.0 Å². The fourth-order valence-electron chi connectivity index (χ4n) is 4.21. The summed E-state index contributed by atoms with van der Waals surface area (Å²) in [5.74, 6) is -0.845. The number of hydrogen-bond donors (Lipinski definition) is 1. The topological polar surface area (TPSA) is 166 Å². The fraction of sp³-hybridized carbons (Fsp3) is 0.227. The van der Waals surface area contributed by atoms with E-state index in [0.717, 1.165) is 45.7 Å². The minimum atomic E-state index is -4.67. The molecule has 4 rings (SSSR count). The summed E-state index contributed by atoms with van der Waals surface area (Å²) in [5, 5.41) is 23.5. The Bertz CT molecular complexity index is 1510. The number of benzene rings is 2. The number of allylic oxidation sites excluding steroid dienone is 1. The van der Waals surface area contributed by atoms with Crippen molar-refractivity contribution >= 4 is 43.8 Å². The van der Waals surface area contributed by atoms with E-state index in [-0.39, 0.29) is 13.0 Å². The number of fused-ring (bicyclic) bond motifs is 3. The smallest absolute Gasteiger partial charge is 0.324 e. The number of ether oxygens (including phenoxy) is 1. The fourth-order valence-corrected chi connectivity index (χ4v) is 5.87. The van der Waals surface area contributed by atoms with Gasteiger partial charge in [-0.3, -0.25) is 25.0 Å². The van der Waals surface area contributed by atoms with Crippen LogP contribution in [0.3, 0.4) is 0 Å². The number of nitro groups is 2. The van der Waals surface area contributed by atoms with E-state index < -0.39 is 48.2 Å². The molecule has 0 amide bonds. The molecule has 0 radical (unpaired) electrons. The maximum atomic E-state index is 13.7. The summed E-state index contributed by atoms with van der Waals surface area (Å²) in [5.41, 5.74) is 1.38. The van der Waals surface area contributed by atoms with Crippen molar-refractivity contribution in [3.05, 3.63) is 80.0 Å². The van der Waals surface area contributed by atoms with Crippen LogP contribution in [0.1, 0.15) is 18.2 Å². The van der Waals surface area contributed by atoms with Gasteiger partial charge in [0.1, 0.15) is 6.04 Å². The number of non-ortho nitro benzene ring substituents is 1. The van der Waals surface area contributed by atoms with E-state index in [1.165, 1.54) is 0 Å². The van der Waals surface area contributed by atoms with Crippen molar-refractivity contribution in [2.75, 3.05) is 13.7 Å². The van der Waals surface area contributed by atoms with E-state index in [1.807, 2.05) is 24.3 Å². The van der Waals surface area contributed by atoms with Crippen LogP contribution in [-0.4, -0.2) is 53.2 Å². The van der Waals surface area contributed by atoms with Crippen LogP contribution in [0.4, 0.5) is 11.4 Å². The molecular formula is C22H20N4O8S. The summed E-state index contributed by atoms with van der Waals surface area (Å²) >= 11 is 0. The maximum Gasteiger partial charge on any atom is 0.324 e. The quantitative estimate of drug-likeness (QED) is 0.317. The van der Waals surface area contributed by atoms with Crippen molar-refractivity contribution in [2.45, 2.75) is 24.3 Å². The van der Waals surface area contributed by atoms with Crippen LogP contribution in [0, 0.1) is 20.2 Å². The van der Waals surface area contributed by atoms with Crippen LogP contribution in [0.5, 0.6) is 0 Å². The number of para-hydroxylation sites is 1. The summed E-state index contributed by atoms with van der Waals surface area (Å²) in [6.07, 6.45) is 1.54. The van der Waals surface area contributed by atoms with Gasteiger partial charge in [0, 0.05) is 35.6 Å². The van der Waals surface area contributed by atoms with Gasteiger partial charge in [-0.15, -0.1) is 0 Å². The van der Waals surface area contributed by atoms with Gasteiger partial charge in [-0.2, -0.15) is 4.31 Å². The number of rotatable bonds is 5. The first-order valence-corrected chi connectivity index (χ1v) is 11.8. The van der Waals surface area contributed by atoms with Crippen molar-refractivity contribution in [1.29, 1.82) is 0 Å². The first-order valence-electron chi connectivity index (χ1n) is 10.4. The number of carbonyl (C=O) groups excluding carboxylic acids is 1. The van der Waals surface area contributed by atoms with Gasteiger partial charge in [-0.25, -0.2) is 8.42 Å². The Labute approximate surface area is 199 Å². The predicted molar refractivity (Wildman–Crippen MR) is 125 cm³/mol. The van der Waals surface area contributed by atoms with Gasteiger partial charge in [-0.05, 0) is 30.2 Å². The number of aromatic nitrogens is 1. The third kappa shape index (κ3) is 4.15. The first-order chi connectivity index (χ1) is 16.6. The number of H-pyrrole nitrogens is 1. The number of carbonyl (C=O) groups is 1. The molecule has 3 aromatic rings. The van der Waals surface area contributed by atoms with Gasteiger partial charge in [0.2, 0.25) is 0 Å². The lowest BCUT2D eigenvalue weighted by Gasteiger charge is -2.30. The van der Waals surface area contributed by atoms with Gasteiger partial charge >= 0.3 is 5.97 Å². The molecule has 13 heteroatoms. The van der Waals surface area contributed by atoms with Crippen LogP contribution in [0.15, 0.2) is 53.4 Å². The Kier molecular flexibility index (Phi) is 6.13. The van der Waals surface area contributed by atoms with Crippen LogP contribution in [0.25, 0.3) is 16.5 Å². The standard InChI is InChI=1S/C22H20N4O8S/c1-13-9-10-24(35(32,33)20-8-7-14(25(28)29)11-18(20)26(30)31)19(22(27)34-2)12-16-15-5-3-4-6-17(15)23-21(13)16/h3-9,11,19,23H,10,12H2,1-2H3/b13-9-/t19-/m0/s1. The summed E-state index contributed by atoms with van der Waals surface area (Å²) in [7, 11) is -3.55. The second kappa shape index (κ2) is 8.92. The van der Waals surface area contributed by atoms with E-state index >= 15 is 0 Å². The van der Waals surface area contributed by atoms with Gasteiger partial charge in [0.25, 0.3) is 21.4 Å². The van der Waals surface area contributed by atoms with Crippen LogP contribution >= 0.6 is 0 Å². The van der Waals surface area contributed by atoms with Crippen molar-refractivity contribution in [2.24, 2.45) is 0 Å². The number of esters is 1. The Balaban J connectivity index is 1.90. The zero-order valence-electron chi connectivity index (χ0n) is 18.6. The Morgan fingerprint density at radius 1 is 1.14 bits per heavy atom. The number of sulfonamides is 1. The summed E-state index contributed by atoms with van der Waals surface area (Å²) in [6.45, 7) is 1.50. The molecule has 1 aliphatic rings. The Hall–Kier alpha value is -4.10. The number of aromatic amines is 1. The molecule has 1 N–H and O–H groups in total. The zero-order chi connectivity index (χ0) is 25.5. The second-order valence-electron chi connectivity index (χ2n) is 7.90. The van der Waals surface area contributed by atoms with Crippen molar-refractivity contribution in [3.63, 3.8) is 0 Å². The highest BCUT2D eigenvalue weighted by Gasteiger charge is 2.41. The van der Waals surface area contributed by atoms with Gasteiger partial charge < -0.3 is 9.72 Å². The van der Waals surface area contributed by atoms with Crippen LogP contribution < -0.4 is 0 Å². The molecule has 0 unspecified atom stereocenters. The third-order valence-electron chi connectivity index (χ3n) is 5.94. The molecule has 35 heavy (non-hydrogen) atoms. The molecule has 0 aliphatic carbocycles. The van der Waals surface area contributed by atoms with E-state index in [9.17, 15) is 33.4 Å². The Morgan fingerprint density at radius 3 is 2.51 bits per heavy atom. The van der Waals surface area contributed by atoms with Gasteiger partial charge in [0.05, 0.1) is 23.0 Å². The molecule has 1 atom stereocenters. The number of nitro benzene ring substituents is 2. The molecule has 0 fully saturated rings. The van der Waals surface area contributed by atoms with Gasteiger partial charge in [-0.1, -0.05) is 24.3 Å². The number of nitrogens with zero attached hydrogens (tertiary/aromatic N) is 3. The molecule has 0 bridgehead atoms. The predicted octanol–water partition coefficient (Wildman–Crippen LogP) is 3.18. The van der Waals surface area contributed by atoms with Crippen molar-refractivity contribution in [3.8, 4) is 0 Å². The molecule has 182 valence electrons. The monoisotopic (exact) mass is 500 g/mol. The highest BCUT2D eigenvalue weighted by atomic mass is 32.2. The molecule has 2 heterocycles. The lowest BCUT2D eigenvalue weighted by molar-refractivity contribution is -0.396. The lowest BCUT2D eigenvalue weighted by Crippen LogP contribution is -2.47. The van der Waals surface area contributed by atoms with E-state index in [0.29, 0.717) is 11.6 Å². The van der Waals surface area contributed by atoms with E-state index in [2.05, 4.69) is 4.98 Å². The highest BCUT2D eigenvalue weighted by Crippen LogP contribution is 2.35. The van der Waals surface area contributed by atoms with E-state index in [4.69, 9.17) is 4.74 Å². The molecule has 12 nitrogen and oxygen atoms in total. The summed E-state index contributed by atoms with van der Waals surface area (Å²) < 4.78 is 33.2. The summed E-state index contributed by atoms with van der Waals surface area (Å²) in [4.78, 5) is 36.3. The lowest BCUT2D eigenvalue weighted by atomic mass is 9.97. The molecule has 1 aliphatic heterocycles. The highest BCUT2D eigenvalue weighted by molar-refractivity contribution is 7.89. The summed E-state index contributed by atoms with van der Waals surface area (Å²) in [6, 6.07) is 8.28. The zero-order valence-corrected chi connectivity index (χ0v) is 19.4. The largest absolute Gasteiger partial charge is 0.468 e. The maximum absolute atomic E-state index is 13.7. The molecule has 0 saturated carbocycles. The first kappa shape index (κ1) is 24.0. The van der Waals surface area contributed by atoms with Crippen LogP contribution in [-0.2, 0) is 26.0 Å². The molecular weight excluding hydrogens is 480 g/mol.